The van der Waals surface area contributed by atoms with Crippen molar-refractivity contribution in [2.75, 3.05) is 4.90 Å². The SMILES string of the molecule is CC1(C)c2ccccc2-c2ccc(-n3c4cc(N(c5ccc6c7ccccc7n(-c7ccccc7)c6c5)c5cccc6c5-c5ccccc5C65c6ccccc6-c6ccccc65)ccc4c4cc5ccccc5cc43)cc21. The molecule has 14 aromatic rings. The van der Waals surface area contributed by atoms with Crippen LogP contribution in [0.2, 0.25) is 0 Å². The molecule has 2 aromatic heterocycles. The minimum atomic E-state index is -0.496. The first-order valence-corrected chi connectivity index (χ1v) is 27.0. The Labute approximate surface area is 446 Å². The molecule has 3 heteroatoms. The van der Waals surface area contributed by atoms with Crippen LogP contribution in [0.4, 0.5) is 17.1 Å². The number of aromatic nitrogens is 2. The van der Waals surface area contributed by atoms with E-state index in [-0.39, 0.29) is 5.41 Å². The molecule has 2 heterocycles. The number of benzene rings is 12. The van der Waals surface area contributed by atoms with Crippen molar-refractivity contribution in [1.29, 1.82) is 0 Å². The van der Waals surface area contributed by atoms with Crippen LogP contribution in [0.15, 0.2) is 261 Å². The Balaban J connectivity index is 0.975. The van der Waals surface area contributed by atoms with Crippen molar-refractivity contribution >= 4 is 71.4 Å². The molecule has 12 aromatic carbocycles. The summed E-state index contributed by atoms with van der Waals surface area (Å²) in [5, 5.41) is 7.38. The fourth-order valence-electron chi connectivity index (χ4n) is 14.6. The summed E-state index contributed by atoms with van der Waals surface area (Å²) in [6.45, 7) is 4.77. The second-order valence-corrected chi connectivity index (χ2v) is 22.0. The molecule has 0 saturated carbocycles. The molecule has 77 heavy (non-hydrogen) atoms. The van der Waals surface area contributed by atoms with Gasteiger partial charge in [0.1, 0.15) is 0 Å². The van der Waals surface area contributed by atoms with E-state index < -0.39 is 5.41 Å². The predicted octanol–water partition coefficient (Wildman–Crippen LogP) is 19.2. The Morgan fingerprint density at radius 1 is 0.299 bits per heavy atom. The van der Waals surface area contributed by atoms with E-state index in [0.29, 0.717) is 0 Å². The first-order chi connectivity index (χ1) is 38.0. The molecule has 0 atom stereocenters. The topological polar surface area (TPSA) is 13.1 Å². The molecular formula is C74H49N3. The molecule has 0 fully saturated rings. The van der Waals surface area contributed by atoms with Crippen LogP contribution < -0.4 is 4.90 Å². The highest BCUT2D eigenvalue weighted by molar-refractivity contribution is 6.15. The monoisotopic (exact) mass is 979 g/mol. The lowest BCUT2D eigenvalue weighted by atomic mass is 9.70. The Bertz CT molecular complexity index is 4810. The van der Waals surface area contributed by atoms with Gasteiger partial charge in [0, 0.05) is 55.3 Å². The van der Waals surface area contributed by atoms with E-state index >= 15 is 0 Å². The van der Waals surface area contributed by atoms with Crippen molar-refractivity contribution in [3.8, 4) is 44.8 Å². The van der Waals surface area contributed by atoms with Crippen molar-refractivity contribution < 1.29 is 0 Å². The Hall–Kier alpha value is -9.70. The second kappa shape index (κ2) is 15.4. The molecule has 360 valence electrons. The van der Waals surface area contributed by atoms with E-state index in [1.54, 1.807) is 0 Å². The van der Waals surface area contributed by atoms with Gasteiger partial charge < -0.3 is 14.0 Å². The predicted molar refractivity (Wildman–Crippen MR) is 321 cm³/mol. The zero-order chi connectivity index (χ0) is 50.7. The van der Waals surface area contributed by atoms with Gasteiger partial charge in [-0.2, -0.15) is 0 Å². The van der Waals surface area contributed by atoms with Gasteiger partial charge in [-0.1, -0.05) is 202 Å². The van der Waals surface area contributed by atoms with E-state index in [4.69, 9.17) is 0 Å². The van der Waals surface area contributed by atoms with Gasteiger partial charge in [0.25, 0.3) is 0 Å². The quantitative estimate of drug-likeness (QED) is 0.167. The molecule has 0 bridgehead atoms. The van der Waals surface area contributed by atoms with Crippen LogP contribution in [0.3, 0.4) is 0 Å². The summed E-state index contributed by atoms with van der Waals surface area (Å²) in [7, 11) is 0. The van der Waals surface area contributed by atoms with Crippen molar-refractivity contribution in [2.45, 2.75) is 24.7 Å². The molecule has 0 N–H and O–H groups in total. The van der Waals surface area contributed by atoms with Crippen LogP contribution in [0.5, 0.6) is 0 Å². The number of para-hydroxylation sites is 2. The molecule has 3 aliphatic carbocycles. The maximum atomic E-state index is 2.56. The van der Waals surface area contributed by atoms with Crippen molar-refractivity contribution in [2.24, 2.45) is 0 Å². The smallest absolute Gasteiger partial charge is 0.0726 e. The minimum absolute atomic E-state index is 0.155. The molecule has 0 saturated heterocycles. The van der Waals surface area contributed by atoms with Gasteiger partial charge in [-0.15, -0.1) is 0 Å². The molecule has 3 nitrogen and oxygen atoms in total. The standard InChI is InChI=1S/C74H49N3/c1-73(2)61-28-13-8-23-52(61)55-38-35-49(43-66(55)73)77-69-42-47-20-7-6-19-46(47)41-60(69)58-40-37-51(45-71(58)77)75(50-36-39-57-56-26-12-17-33-67(56)76(70(57)44-50)48-21-4-3-5-22-48)68-34-18-32-65-72(68)59-27-11-16-31-64(59)74(65)62-29-14-9-24-53(62)54-25-10-15-30-63(54)74/h3-45H,1-2H3. The maximum absolute atomic E-state index is 2.56. The normalized spacial score (nSPS) is 14.1. The molecular weight excluding hydrogens is 931 g/mol. The Kier molecular flexibility index (Phi) is 8.55. The number of fused-ring (bicyclic) bond motifs is 20. The fraction of sp³-hybridized carbons (Fsp3) is 0.0541. The van der Waals surface area contributed by atoms with Crippen LogP contribution >= 0.6 is 0 Å². The number of anilines is 3. The van der Waals surface area contributed by atoms with E-state index in [9.17, 15) is 0 Å². The van der Waals surface area contributed by atoms with Gasteiger partial charge in [-0.05, 0) is 145 Å². The van der Waals surface area contributed by atoms with Crippen molar-refractivity contribution in [3.63, 3.8) is 0 Å². The van der Waals surface area contributed by atoms with Crippen molar-refractivity contribution in [3.05, 3.63) is 294 Å². The zero-order valence-corrected chi connectivity index (χ0v) is 42.7. The second-order valence-electron chi connectivity index (χ2n) is 22.0. The highest BCUT2D eigenvalue weighted by Crippen LogP contribution is 2.65. The summed E-state index contributed by atoms with van der Waals surface area (Å²) in [5.41, 5.74) is 25.5. The third-order valence-corrected chi connectivity index (χ3v) is 17.9. The van der Waals surface area contributed by atoms with Crippen LogP contribution in [0, 0.1) is 0 Å². The molecule has 3 aliphatic rings. The Morgan fingerprint density at radius 3 is 1.49 bits per heavy atom. The van der Waals surface area contributed by atoms with Gasteiger partial charge >= 0.3 is 0 Å². The zero-order valence-electron chi connectivity index (χ0n) is 42.7. The van der Waals surface area contributed by atoms with E-state index in [1.165, 1.54) is 110 Å². The largest absolute Gasteiger partial charge is 0.310 e. The van der Waals surface area contributed by atoms with Crippen LogP contribution in [0.25, 0.3) is 99.1 Å². The van der Waals surface area contributed by atoms with Gasteiger partial charge in [0.2, 0.25) is 0 Å². The van der Waals surface area contributed by atoms with Gasteiger partial charge in [0.15, 0.2) is 0 Å². The highest BCUT2D eigenvalue weighted by Gasteiger charge is 2.52. The van der Waals surface area contributed by atoms with Crippen molar-refractivity contribution in [1.82, 2.24) is 9.13 Å². The van der Waals surface area contributed by atoms with Crippen LogP contribution in [0.1, 0.15) is 47.2 Å². The van der Waals surface area contributed by atoms with E-state index in [1.807, 2.05) is 0 Å². The number of hydrogen-bond donors (Lipinski definition) is 0. The summed E-state index contributed by atoms with van der Waals surface area (Å²) >= 11 is 0. The lowest BCUT2D eigenvalue weighted by Gasteiger charge is -2.32. The molecule has 0 unspecified atom stereocenters. The maximum Gasteiger partial charge on any atom is 0.0726 e. The average Bonchev–Trinajstić information content (AvgIpc) is 4.28. The van der Waals surface area contributed by atoms with E-state index in [0.717, 1.165) is 39.5 Å². The summed E-state index contributed by atoms with van der Waals surface area (Å²) in [5.74, 6) is 0. The van der Waals surface area contributed by atoms with Crippen LogP contribution in [-0.4, -0.2) is 9.13 Å². The molecule has 0 amide bonds. The summed E-state index contributed by atoms with van der Waals surface area (Å²) in [6, 6.07) is 98.3. The Morgan fingerprint density at radius 2 is 0.792 bits per heavy atom. The summed E-state index contributed by atoms with van der Waals surface area (Å²) in [6.07, 6.45) is 0. The average molecular weight is 980 g/mol. The third kappa shape index (κ3) is 5.60. The first-order valence-electron chi connectivity index (χ1n) is 27.0. The van der Waals surface area contributed by atoms with Gasteiger partial charge in [0.05, 0.1) is 33.2 Å². The molecule has 1 spiro atoms. The summed E-state index contributed by atoms with van der Waals surface area (Å²) < 4.78 is 4.98. The molecule has 0 radical (unpaired) electrons. The lowest BCUT2D eigenvalue weighted by Crippen LogP contribution is -2.26. The van der Waals surface area contributed by atoms with Crippen LogP contribution in [-0.2, 0) is 10.8 Å². The third-order valence-electron chi connectivity index (χ3n) is 17.9. The molecule has 0 aliphatic heterocycles. The first kappa shape index (κ1) is 42.6. The lowest BCUT2D eigenvalue weighted by molar-refractivity contribution is 0.660. The minimum Gasteiger partial charge on any atom is -0.310 e. The van der Waals surface area contributed by atoms with Gasteiger partial charge in [-0.25, -0.2) is 0 Å². The summed E-state index contributed by atoms with van der Waals surface area (Å²) in [4.78, 5) is 2.56. The molecule has 17 rings (SSSR count). The highest BCUT2D eigenvalue weighted by atomic mass is 15.2. The fourth-order valence-corrected chi connectivity index (χ4v) is 14.6. The number of hydrogen-bond acceptors (Lipinski definition) is 1. The van der Waals surface area contributed by atoms with Gasteiger partial charge in [-0.3, -0.25) is 0 Å². The number of nitrogens with zero attached hydrogens (tertiary/aromatic N) is 3. The van der Waals surface area contributed by atoms with E-state index in [2.05, 4.69) is 289 Å². The number of rotatable bonds is 5.